The number of hydrogen-bond acceptors (Lipinski definition) is 4. The zero-order valence-corrected chi connectivity index (χ0v) is 18.8. The van der Waals surface area contributed by atoms with Crippen LogP contribution in [-0.2, 0) is 19.5 Å². The summed E-state index contributed by atoms with van der Waals surface area (Å²) in [6, 6.07) is 12.8. The van der Waals surface area contributed by atoms with E-state index in [1.807, 2.05) is 24.4 Å². The van der Waals surface area contributed by atoms with Crippen LogP contribution in [0.15, 0.2) is 55.0 Å². The lowest BCUT2D eigenvalue weighted by Crippen LogP contribution is -2.28. The minimum atomic E-state index is -0.315. The molecule has 1 N–H and O–H groups in total. The molecule has 1 atom stereocenters. The SMILES string of the molecule is CN(Cc1ccc(CNC(=O)c2c(Cl)cncc2Cl)cc1)C1CCCc2cccnc21. The number of fused-ring (bicyclic) bond motifs is 1. The second kappa shape index (κ2) is 9.77. The zero-order valence-electron chi connectivity index (χ0n) is 17.3. The molecule has 1 aliphatic rings. The summed E-state index contributed by atoms with van der Waals surface area (Å²) in [6.45, 7) is 1.24. The molecule has 160 valence electrons. The number of hydrogen-bond donors (Lipinski definition) is 1. The van der Waals surface area contributed by atoms with E-state index < -0.39 is 0 Å². The van der Waals surface area contributed by atoms with Crippen molar-refractivity contribution >= 4 is 29.1 Å². The van der Waals surface area contributed by atoms with Crippen molar-refractivity contribution in [2.45, 2.75) is 38.4 Å². The molecule has 5 nitrogen and oxygen atoms in total. The van der Waals surface area contributed by atoms with Crippen LogP contribution in [0.3, 0.4) is 0 Å². The number of nitrogens with zero attached hydrogens (tertiary/aromatic N) is 3. The summed E-state index contributed by atoms with van der Waals surface area (Å²) in [5.41, 5.74) is 5.06. The first-order valence-electron chi connectivity index (χ1n) is 10.3. The molecule has 2 heterocycles. The van der Waals surface area contributed by atoms with E-state index in [0.717, 1.165) is 24.9 Å². The van der Waals surface area contributed by atoms with Gasteiger partial charge in [-0.15, -0.1) is 0 Å². The minimum Gasteiger partial charge on any atom is -0.348 e. The molecule has 1 aromatic carbocycles. The fourth-order valence-electron chi connectivity index (χ4n) is 4.07. The Kier molecular flexibility index (Phi) is 6.86. The Labute approximate surface area is 192 Å². The highest BCUT2D eigenvalue weighted by Crippen LogP contribution is 2.32. The standard InChI is InChI=1S/C24H24Cl2N4O/c1-30(21-6-2-4-18-5-3-11-28-23(18)21)15-17-9-7-16(8-10-17)12-29-24(31)22-19(25)13-27-14-20(22)26/h3,5,7-11,13-14,21H,2,4,6,12,15H2,1H3,(H,29,31). The summed E-state index contributed by atoms with van der Waals surface area (Å²) in [4.78, 5) is 23.3. The number of carbonyl (C=O) groups is 1. The number of pyridine rings is 2. The lowest BCUT2D eigenvalue weighted by molar-refractivity contribution is 0.0951. The summed E-state index contributed by atoms with van der Waals surface area (Å²) in [6.07, 6.45) is 8.15. The zero-order chi connectivity index (χ0) is 21.8. The molecule has 0 fully saturated rings. The molecule has 2 aromatic heterocycles. The van der Waals surface area contributed by atoms with Crippen molar-refractivity contribution in [2.24, 2.45) is 0 Å². The van der Waals surface area contributed by atoms with E-state index in [4.69, 9.17) is 23.2 Å². The van der Waals surface area contributed by atoms with Gasteiger partial charge in [0.05, 0.1) is 27.3 Å². The van der Waals surface area contributed by atoms with Crippen molar-refractivity contribution in [3.05, 3.63) is 93.0 Å². The first-order chi connectivity index (χ1) is 15.0. The Balaban J connectivity index is 1.36. The van der Waals surface area contributed by atoms with E-state index in [-0.39, 0.29) is 21.5 Å². The van der Waals surface area contributed by atoms with Crippen LogP contribution in [0.2, 0.25) is 10.0 Å². The summed E-state index contributed by atoms with van der Waals surface area (Å²) >= 11 is 12.1. The normalized spacial score (nSPS) is 15.5. The van der Waals surface area contributed by atoms with E-state index >= 15 is 0 Å². The third-order valence-electron chi connectivity index (χ3n) is 5.69. The van der Waals surface area contributed by atoms with Gasteiger partial charge in [-0.3, -0.25) is 19.7 Å². The molecule has 3 aromatic rings. The largest absolute Gasteiger partial charge is 0.348 e. The van der Waals surface area contributed by atoms with Crippen LogP contribution >= 0.6 is 23.2 Å². The molecule has 0 radical (unpaired) electrons. The Morgan fingerprint density at radius 3 is 2.58 bits per heavy atom. The average Bonchev–Trinajstić information content (AvgIpc) is 2.78. The van der Waals surface area contributed by atoms with Crippen molar-refractivity contribution in [2.75, 3.05) is 7.05 Å². The van der Waals surface area contributed by atoms with Crippen LogP contribution < -0.4 is 5.32 Å². The number of rotatable bonds is 6. The van der Waals surface area contributed by atoms with E-state index in [9.17, 15) is 4.79 Å². The van der Waals surface area contributed by atoms with E-state index in [1.54, 1.807) is 0 Å². The second-order valence-corrected chi connectivity index (χ2v) is 8.66. The smallest absolute Gasteiger partial charge is 0.254 e. The van der Waals surface area contributed by atoms with Gasteiger partial charge in [-0.05, 0) is 49.1 Å². The van der Waals surface area contributed by atoms with Crippen LogP contribution in [0.1, 0.15) is 51.6 Å². The van der Waals surface area contributed by atoms with Crippen LogP contribution in [0.25, 0.3) is 0 Å². The number of halogens is 2. The number of benzene rings is 1. The predicted molar refractivity (Wildman–Crippen MR) is 123 cm³/mol. The van der Waals surface area contributed by atoms with Crippen LogP contribution in [0.4, 0.5) is 0 Å². The lowest BCUT2D eigenvalue weighted by atomic mass is 9.91. The monoisotopic (exact) mass is 454 g/mol. The highest BCUT2D eigenvalue weighted by molar-refractivity contribution is 6.39. The molecule has 31 heavy (non-hydrogen) atoms. The first kappa shape index (κ1) is 21.8. The van der Waals surface area contributed by atoms with E-state index in [1.165, 1.54) is 35.6 Å². The van der Waals surface area contributed by atoms with Crippen molar-refractivity contribution < 1.29 is 4.79 Å². The molecule has 1 aliphatic carbocycles. The van der Waals surface area contributed by atoms with Crippen LogP contribution in [0.5, 0.6) is 0 Å². The van der Waals surface area contributed by atoms with Gasteiger partial charge in [-0.25, -0.2) is 0 Å². The third kappa shape index (κ3) is 5.06. The van der Waals surface area contributed by atoms with Gasteiger partial charge in [-0.1, -0.05) is 53.5 Å². The number of aromatic nitrogens is 2. The minimum absolute atomic E-state index is 0.238. The summed E-state index contributed by atoms with van der Waals surface area (Å²) in [5.74, 6) is -0.315. The highest BCUT2D eigenvalue weighted by atomic mass is 35.5. The molecular weight excluding hydrogens is 431 g/mol. The summed E-state index contributed by atoms with van der Waals surface area (Å²) < 4.78 is 0. The van der Waals surface area contributed by atoms with Crippen molar-refractivity contribution in [1.82, 2.24) is 20.2 Å². The van der Waals surface area contributed by atoms with Gasteiger partial charge in [0.25, 0.3) is 5.91 Å². The molecule has 0 bridgehead atoms. The molecular formula is C24H24Cl2N4O. The maximum atomic E-state index is 12.4. The Morgan fingerprint density at radius 1 is 1.13 bits per heavy atom. The fourth-order valence-corrected chi connectivity index (χ4v) is 4.61. The Morgan fingerprint density at radius 2 is 1.84 bits per heavy atom. The fraction of sp³-hybridized carbons (Fsp3) is 0.292. The highest BCUT2D eigenvalue weighted by Gasteiger charge is 2.24. The number of nitrogens with one attached hydrogen (secondary N) is 1. The van der Waals surface area contributed by atoms with Gasteiger partial charge in [0.1, 0.15) is 0 Å². The maximum Gasteiger partial charge on any atom is 0.254 e. The van der Waals surface area contributed by atoms with Gasteiger partial charge in [-0.2, -0.15) is 0 Å². The molecule has 0 spiro atoms. The van der Waals surface area contributed by atoms with E-state index in [0.29, 0.717) is 12.6 Å². The summed E-state index contributed by atoms with van der Waals surface area (Å²) in [7, 11) is 2.16. The van der Waals surface area contributed by atoms with Gasteiger partial charge >= 0.3 is 0 Å². The topological polar surface area (TPSA) is 58.1 Å². The lowest BCUT2D eigenvalue weighted by Gasteiger charge is -2.32. The van der Waals surface area contributed by atoms with E-state index in [2.05, 4.69) is 45.4 Å². The molecule has 1 amide bonds. The van der Waals surface area contributed by atoms with Crippen molar-refractivity contribution in [3.8, 4) is 0 Å². The summed E-state index contributed by atoms with van der Waals surface area (Å²) in [5, 5.41) is 3.34. The number of carbonyl (C=O) groups excluding carboxylic acids is 1. The van der Waals surface area contributed by atoms with Crippen molar-refractivity contribution in [3.63, 3.8) is 0 Å². The van der Waals surface area contributed by atoms with Gasteiger partial charge in [0.2, 0.25) is 0 Å². The number of aryl methyl sites for hydroxylation is 1. The van der Waals surface area contributed by atoms with Crippen molar-refractivity contribution in [1.29, 1.82) is 0 Å². The third-order valence-corrected chi connectivity index (χ3v) is 6.26. The van der Waals surface area contributed by atoms with Gasteiger partial charge in [0.15, 0.2) is 0 Å². The second-order valence-electron chi connectivity index (χ2n) is 7.85. The maximum absolute atomic E-state index is 12.4. The van der Waals surface area contributed by atoms with Gasteiger partial charge < -0.3 is 5.32 Å². The first-order valence-corrected chi connectivity index (χ1v) is 11.1. The van der Waals surface area contributed by atoms with Gasteiger partial charge in [0, 0.05) is 31.7 Å². The quantitative estimate of drug-likeness (QED) is 0.554. The molecule has 7 heteroatoms. The number of amides is 1. The van der Waals surface area contributed by atoms with Crippen LogP contribution in [-0.4, -0.2) is 27.8 Å². The Bertz CT molecular complexity index is 1050. The molecule has 1 unspecified atom stereocenters. The molecule has 0 aliphatic heterocycles. The molecule has 4 rings (SSSR count). The average molecular weight is 455 g/mol. The Hall–Kier alpha value is -2.47. The van der Waals surface area contributed by atoms with Crippen LogP contribution in [0, 0.1) is 0 Å². The molecule has 0 saturated carbocycles. The molecule has 0 saturated heterocycles. The predicted octanol–water partition coefficient (Wildman–Crippen LogP) is 5.22.